The Kier molecular flexibility index (Phi) is 5.98. The van der Waals surface area contributed by atoms with Crippen LogP contribution in [0.15, 0.2) is 51.8 Å². The molecule has 2 N–H and O–H groups in total. The molecule has 0 saturated carbocycles. The number of amides is 1. The third-order valence-corrected chi connectivity index (χ3v) is 5.04. The number of hydrogen-bond acceptors (Lipinski definition) is 4. The number of ether oxygens (including phenoxy) is 1. The maximum absolute atomic E-state index is 12.2. The second kappa shape index (κ2) is 7.78. The lowest BCUT2D eigenvalue weighted by molar-refractivity contribution is -0.123. The van der Waals surface area contributed by atoms with Crippen LogP contribution in [-0.4, -0.2) is 20.9 Å². The number of carbonyl (C=O) groups is 1. The number of benzene rings is 2. The van der Waals surface area contributed by atoms with Gasteiger partial charge in [0.1, 0.15) is 5.75 Å². The summed E-state index contributed by atoms with van der Waals surface area (Å²) >= 11 is 3.23. The molecule has 0 atom stereocenters. The van der Waals surface area contributed by atoms with Crippen LogP contribution in [0.25, 0.3) is 0 Å². The van der Waals surface area contributed by atoms with Crippen molar-refractivity contribution in [1.82, 2.24) is 10.3 Å². The van der Waals surface area contributed by atoms with E-state index in [-0.39, 0.29) is 11.5 Å². The first-order valence-electron chi connectivity index (χ1n) is 7.04. The van der Waals surface area contributed by atoms with Crippen molar-refractivity contribution in [1.29, 1.82) is 0 Å². The number of carbonyl (C=O) groups excluding carboxylic acids is 1. The van der Waals surface area contributed by atoms with Crippen molar-refractivity contribution in [3.05, 3.63) is 58.1 Å². The minimum Gasteiger partial charge on any atom is -0.484 e. The molecular formula is C16H17BrN2O4S. The minimum absolute atomic E-state index is 0.0802. The van der Waals surface area contributed by atoms with Crippen molar-refractivity contribution in [2.75, 3.05) is 6.61 Å². The highest BCUT2D eigenvalue weighted by Gasteiger charge is 2.18. The molecule has 128 valence electrons. The molecule has 0 heterocycles. The van der Waals surface area contributed by atoms with Gasteiger partial charge in [-0.1, -0.05) is 39.7 Å². The van der Waals surface area contributed by atoms with E-state index in [2.05, 4.69) is 26.2 Å². The quantitative estimate of drug-likeness (QED) is 0.713. The van der Waals surface area contributed by atoms with Crippen LogP contribution in [0, 0.1) is 13.8 Å². The average Bonchev–Trinajstić information content (AvgIpc) is 2.54. The molecule has 0 fully saturated rings. The summed E-state index contributed by atoms with van der Waals surface area (Å²) in [6, 6.07) is 12.0. The van der Waals surface area contributed by atoms with Gasteiger partial charge in [-0.25, -0.2) is 8.42 Å². The summed E-state index contributed by atoms with van der Waals surface area (Å²) in [7, 11) is -3.86. The fourth-order valence-corrected chi connectivity index (χ4v) is 3.51. The van der Waals surface area contributed by atoms with Gasteiger partial charge in [-0.3, -0.25) is 10.2 Å². The summed E-state index contributed by atoms with van der Waals surface area (Å²) in [6.45, 7) is 3.31. The molecule has 0 aliphatic carbocycles. The number of aryl methyl sites for hydroxylation is 2. The smallest absolute Gasteiger partial charge is 0.272 e. The fourth-order valence-electron chi connectivity index (χ4n) is 1.86. The van der Waals surface area contributed by atoms with Crippen LogP contribution in [0.1, 0.15) is 11.1 Å². The molecule has 8 heteroatoms. The fraction of sp³-hybridized carbons (Fsp3) is 0.188. The maximum atomic E-state index is 12.2. The zero-order valence-electron chi connectivity index (χ0n) is 13.2. The second-order valence-corrected chi connectivity index (χ2v) is 7.73. The predicted molar refractivity (Wildman–Crippen MR) is 94.0 cm³/mol. The third kappa shape index (κ3) is 5.05. The largest absolute Gasteiger partial charge is 0.484 e. The Labute approximate surface area is 149 Å². The van der Waals surface area contributed by atoms with E-state index in [4.69, 9.17) is 4.74 Å². The molecule has 1 amide bonds. The number of nitrogens with one attached hydrogen (secondary N) is 2. The predicted octanol–water partition coefficient (Wildman–Crippen LogP) is 2.45. The Bertz CT molecular complexity index is 836. The summed E-state index contributed by atoms with van der Waals surface area (Å²) < 4.78 is 30.4. The van der Waals surface area contributed by atoms with Crippen LogP contribution in [0.3, 0.4) is 0 Å². The lowest BCUT2D eigenvalue weighted by Gasteiger charge is -2.11. The van der Waals surface area contributed by atoms with Crippen LogP contribution >= 0.6 is 15.9 Å². The molecule has 0 bridgehead atoms. The third-order valence-electron chi connectivity index (χ3n) is 3.16. The molecule has 0 aliphatic rings. The van der Waals surface area contributed by atoms with Crippen LogP contribution in [-0.2, 0) is 14.8 Å². The molecule has 0 spiro atoms. The lowest BCUT2D eigenvalue weighted by Crippen LogP contribution is -2.43. The first-order chi connectivity index (χ1) is 11.3. The van der Waals surface area contributed by atoms with Gasteiger partial charge in [-0.2, -0.15) is 0 Å². The lowest BCUT2D eigenvalue weighted by atomic mass is 10.2. The van der Waals surface area contributed by atoms with Crippen LogP contribution in [0.4, 0.5) is 0 Å². The van der Waals surface area contributed by atoms with Crippen molar-refractivity contribution < 1.29 is 17.9 Å². The van der Waals surface area contributed by atoms with Crippen molar-refractivity contribution >= 4 is 31.9 Å². The molecule has 2 aromatic rings. The topological polar surface area (TPSA) is 84.5 Å². The SMILES string of the molecule is Cc1ccc(OCC(=O)NNS(=O)(=O)c2cc(Br)ccc2C)cc1. The molecule has 6 nitrogen and oxygen atoms in total. The minimum atomic E-state index is -3.86. The van der Waals surface area contributed by atoms with Gasteiger partial charge in [0.25, 0.3) is 15.9 Å². The maximum Gasteiger partial charge on any atom is 0.272 e. The summed E-state index contributed by atoms with van der Waals surface area (Å²) in [5.41, 5.74) is 3.77. The molecular weight excluding hydrogens is 396 g/mol. The van der Waals surface area contributed by atoms with Crippen LogP contribution < -0.4 is 15.0 Å². The van der Waals surface area contributed by atoms with Crippen molar-refractivity contribution in [2.45, 2.75) is 18.7 Å². The van der Waals surface area contributed by atoms with E-state index in [1.54, 1.807) is 31.2 Å². The molecule has 0 saturated heterocycles. The summed E-state index contributed by atoms with van der Waals surface area (Å²) in [5, 5.41) is 0. The monoisotopic (exact) mass is 412 g/mol. The Balaban J connectivity index is 1.93. The average molecular weight is 413 g/mol. The summed E-state index contributed by atoms with van der Waals surface area (Å²) in [4.78, 5) is 13.9. The standard InChI is InChI=1S/C16H17BrN2O4S/c1-11-3-7-14(8-4-11)23-10-16(20)18-19-24(21,22)15-9-13(17)6-5-12(15)2/h3-9,19H,10H2,1-2H3,(H,18,20). The normalized spacial score (nSPS) is 11.1. The van der Waals surface area contributed by atoms with Gasteiger partial charge < -0.3 is 4.74 Å². The molecule has 0 aromatic heterocycles. The highest BCUT2D eigenvalue weighted by Crippen LogP contribution is 2.20. The van der Waals surface area contributed by atoms with E-state index in [1.165, 1.54) is 6.07 Å². The van der Waals surface area contributed by atoms with Crippen LogP contribution in [0.2, 0.25) is 0 Å². The molecule has 24 heavy (non-hydrogen) atoms. The Morgan fingerprint density at radius 1 is 1.12 bits per heavy atom. The Hall–Kier alpha value is -1.90. The number of sulfonamides is 1. The van der Waals surface area contributed by atoms with Gasteiger partial charge in [0.2, 0.25) is 0 Å². The number of hydrazine groups is 1. The van der Waals surface area contributed by atoms with Gasteiger partial charge in [-0.05, 0) is 43.7 Å². The highest BCUT2D eigenvalue weighted by atomic mass is 79.9. The number of rotatable bonds is 6. The number of halogens is 1. The van der Waals surface area contributed by atoms with E-state index in [1.807, 2.05) is 19.1 Å². The molecule has 2 rings (SSSR count). The first kappa shape index (κ1) is 18.4. The molecule has 2 aromatic carbocycles. The van der Waals surface area contributed by atoms with Crippen molar-refractivity contribution in [3.63, 3.8) is 0 Å². The second-order valence-electron chi connectivity index (χ2n) is 5.17. The van der Waals surface area contributed by atoms with E-state index in [9.17, 15) is 13.2 Å². The summed E-state index contributed by atoms with van der Waals surface area (Å²) in [5.74, 6) is -0.0757. The van der Waals surface area contributed by atoms with Gasteiger partial charge in [-0.15, -0.1) is 4.83 Å². The zero-order valence-corrected chi connectivity index (χ0v) is 15.6. The molecule has 0 unspecified atom stereocenters. The summed E-state index contributed by atoms with van der Waals surface area (Å²) in [6.07, 6.45) is 0. The highest BCUT2D eigenvalue weighted by molar-refractivity contribution is 9.10. The zero-order chi connectivity index (χ0) is 17.7. The number of hydrogen-bond donors (Lipinski definition) is 2. The van der Waals surface area contributed by atoms with E-state index in [0.717, 1.165) is 5.56 Å². The van der Waals surface area contributed by atoms with Gasteiger partial charge >= 0.3 is 0 Å². The van der Waals surface area contributed by atoms with Gasteiger partial charge in [0.05, 0.1) is 4.90 Å². The van der Waals surface area contributed by atoms with E-state index in [0.29, 0.717) is 15.8 Å². The van der Waals surface area contributed by atoms with E-state index < -0.39 is 15.9 Å². The first-order valence-corrected chi connectivity index (χ1v) is 9.32. The van der Waals surface area contributed by atoms with Gasteiger partial charge in [0.15, 0.2) is 6.61 Å². The van der Waals surface area contributed by atoms with E-state index >= 15 is 0 Å². The Morgan fingerprint density at radius 2 is 1.79 bits per heavy atom. The molecule has 0 radical (unpaired) electrons. The van der Waals surface area contributed by atoms with Crippen molar-refractivity contribution in [2.24, 2.45) is 0 Å². The van der Waals surface area contributed by atoms with Crippen molar-refractivity contribution in [3.8, 4) is 5.75 Å². The molecule has 0 aliphatic heterocycles. The Morgan fingerprint density at radius 3 is 2.46 bits per heavy atom. The van der Waals surface area contributed by atoms with Crippen LogP contribution in [0.5, 0.6) is 5.75 Å². The van der Waals surface area contributed by atoms with Gasteiger partial charge in [0, 0.05) is 4.47 Å².